The van der Waals surface area contributed by atoms with Crippen molar-refractivity contribution in [2.24, 2.45) is 17.3 Å². The van der Waals surface area contributed by atoms with Gasteiger partial charge >= 0.3 is 0 Å². The Balaban J connectivity index is 4.47. The molecule has 0 heterocycles. The van der Waals surface area contributed by atoms with Gasteiger partial charge in [-0.25, -0.2) is 0 Å². The average Bonchev–Trinajstić information content (AvgIpc) is 1.86. The lowest BCUT2D eigenvalue weighted by molar-refractivity contribution is 0.143. The highest BCUT2D eigenvalue weighted by atomic mass is 14.4. The maximum absolute atomic E-state index is 2.39. The number of hydrogen-bond acceptors (Lipinski definition) is 0. The molecule has 0 rings (SSSR count). The van der Waals surface area contributed by atoms with Crippen molar-refractivity contribution in [3.05, 3.63) is 5.92 Å². The molecule has 0 aliphatic rings. The quantitative estimate of drug-likeness (QED) is 0.588. The summed E-state index contributed by atoms with van der Waals surface area (Å²) in [5.74, 6) is 3.12. The smallest absolute Gasteiger partial charge is 0.0267 e. The van der Waals surface area contributed by atoms with E-state index in [0.29, 0.717) is 5.41 Å². The molecule has 1 radical (unpaired) electrons. The molecule has 1 unspecified atom stereocenters. The van der Waals surface area contributed by atoms with Gasteiger partial charge in [-0.05, 0) is 23.2 Å². The Morgan fingerprint density at radius 3 is 1.67 bits per heavy atom. The summed E-state index contributed by atoms with van der Waals surface area (Å²) in [4.78, 5) is 0. The van der Waals surface area contributed by atoms with Crippen LogP contribution in [0.15, 0.2) is 0 Å². The van der Waals surface area contributed by atoms with Gasteiger partial charge in [0, 0.05) is 0 Å². The van der Waals surface area contributed by atoms with E-state index in [9.17, 15) is 0 Å². The monoisotopic (exact) mass is 169 g/mol. The van der Waals surface area contributed by atoms with Crippen LogP contribution in [0.4, 0.5) is 0 Å². The Morgan fingerprint density at radius 2 is 1.58 bits per heavy atom. The molecular weight excluding hydrogens is 144 g/mol. The lowest BCUT2D eigenvalue weighted by Gasteiger charge is -2.40. The summed E-state index contributed by atoms with van der Waals surface area (Å²) in [6.45, 7) is 16.2. The minimum absolute atomic E-state index is 0.452. The Morgan fingerprint density at radius 1 is 1.17 bits per heavy atom. The van der Waals surface area contributed by atoms with Crippen molar-refractivity contribution in [2.45, 2.75) is 54.9 Å². The van der Waals surface area contributed by atoms with Gasteiger partial charge in [0.25, 0.3) is 0 Å². The molecule has 0 nitrogen and oxygen atoms in total. The third kappa shape index (κ3) is 2.50. The molecule has 0 bridgehead atoms. The molecule has 1 atom stereocenters. The summed E-state index contributed by atoms with van der Waals surface area (Å²) < 4.78 is 0. The predicted octanol–water partition coefficient (Wildman–Crippen LogP) is 4.31. The fourth-order valence-electron chi connectivity index (χ4n) is 2.08. The zero-order valence-electron chi connectivity index (χ0n) is 9.86. The molecule has 12 heavy (non-hydrogen) atoms. The topological polar surface area (TPSA) is 0 Å². The van der Waals surface area contributed by atoms with E-state index in [1.54, 1.807) is 5.92 Å². The zero-order chi connectivity index (χ0) is 9.94. The van der Waals surface area contributed by atoms with Crippen molar-refractivity contribution >= 4 is 0 Å². The van der Waals surface area contributed by atoms with Gasteiger partial charge in [-0.15, -0.1) is 0 Å². The molecule has 0 saturated carbocycles. The van der Waals surface area contributed by atoms with Crippen LogP contribution in [0.3, 0.4) is 0 Å². The maximum Gasteiger partial charge on any atom is -0.0267 e. The molecule has 0 saturated heterocycles. The van der Waals surface area contributed by atoms with E-state index in [1.165, 1.54) is 6.42 Å². The highest BCUT2D eigenvalue weighted by molar-refractivity contribution is 4.96. The van der Waals surface area contributed by atoms with Crippen LogP contribution >= 0.6 is 0 Å². The summed E-state index contributed by atoms with van der Waals surface area (Å²) in [7, 11) is 0. The molecule has 0 N–H and O–H groups in total. The normalized spacial score (nSPS) is 15.8. The van der Waals surface area contributed by atoms with E-state index in [2.05, 4.69) is 48.5 Å². The minimum atomic E-state index is 0.452. The first-order valence-corrected chi connectivity index (χ1v) is 5.14. The van der Waals surface area contributed by atoms with E-state index in [1.807, 2.05) is 0 Å². The summed E-state index contributed by atoms with van der Waals surface area (Å²) >= 11 is 0. The van der Waals surface area contributed by atoms with Crippen LogP contribution in [-0.2, 0) is 0 Å². The van der Waals surface area contributed by atoms with E-state index >= 15 is 0 Å². The molecule has 0 fully saturated rings. The van der Waals surface area contributed by atoms with Gasteiger partial charge in [-0.1, -0.05) is 54.9 Å². The van der Waals surface area contributed by atoms with Gasteiger partial charge < -0.3 is 0 Å². The largest absolute Gasteiger partial charge is 0.0651 e. The van der Waals surface area contributed by atoms with E-state index in [4.69, 9.17) is 0 Å². The molecule has 0 aromatic carbocycles. The Kier molecular flexibility index (Phi) is 4.30. The van der Waals surface area contributed by atoms with Gasteiger partial charge in [0.05, 0.1) is 0 Å². The average molecular weight is 169 g/mol. The molecule has 0 aromatic heterocycles. The van der Waals surface area contributed by atoms with Crippen LogP contribution in [0.5, 0.6) is 0 Å². The minimum Gasteiger partial charge on any atom is -0.0651 e. The van der Waals surface area contributed by atoms with Crippen LogP contribution in [0, 0.1) is 23.2 Å². The highest BCUT2D eigenvalue weighted by Gasteiger charge is 2.33. The van der Waals surface area contributed by atoms with E-state index < -0.39 is 0 Å². The third-order valence-corrected chi connectivity index (χ3v) is 3.49. The van der Waals surface area contributed by atoms with Gasteiger partial charge in [-0.2, -0.15) is 0 Å². The SMILES string of the molecule is CCC([C](C)C)C(C)(C)C(C)C. The zero-order valence-corrected chi connectivity index (χ0v) is 9.86. The van der Waals surface area contributed by atoms with Crippen LogP contribution in [0.1, 0.15) is 54.9 Å². The fraction of sp³-hybridized carbons (Fsp3) is 0.917. The summed E-state index contributed by atoms with van der Waals surface area (Å²) in [5, 5.41) is 0. The lowest BCUT2D eigenvalue weighted by atomic mass is 9.65. The van der Waals surface area contributed by atoms with E-state index in [0.717, 1.165) is 11.8 Å². The second-order valence-electron chi connectivity index (χ2n) is 5.01. The van der Waals surface area contributed by atoms with Gasteiger partial charge in [0.15, 0.2) is 0 Å². The molecule has 0 aliphatic heterocycles. The van der Waals surface area contributed by atoms with Crippen LogP contribution in [-0.4, -0.2) is 0 Å². The Bertz CT molecular complexity index is 120. The molecule has 0 spiro atoms. The van der Waals surface area contributed by atoms with Gasteiger partial charge in [0.2, 0.25) is 0 Å². The molecule has 0 heteroatoms. The van der Waals surface area contributed by atoms with Crippen molar-refractivity contribution in [3.8, 4) is 0 Å². The van der Waals surface area contributed by atoms with Crippen LogP contribution in [0.25, 0.3) is 0 Å². The predicted molar refractivity (Wildman–Crippen MR) is 57.0 cm³/mol. The molecule has 0 amide bonds. The van der Waals surface area contributed by atoms with Crippen molar-refractivity contribution in [3.63, 3.8) is 0 Å². The number of rotatable bonds is 4. The summed E-state index contributed by atoms with van der Waals surface area (Å²) in [6, 6.07) is 0. The summed E-state index contributed by atoms with van der Waals surface area (Å²) in [6.07, 6.45) is 1.27. The first-order valence-electron chi connectivity index (χ1n) is 5.14. The first-order chi connectivity index (χ1) is 5.34. The molecule has 0 aliphatic carbocycles. The van der Waals surface area contributed by atoms with Crippen molar-refractivity contribution in [1.29, 1.82) is 0 Å². The maximum atomic E-state index is 2.39. The number of hydrogen-bond donors (Lipinski definition) is 0. The standard InChI is InChI=1S/C12H25/c1-8-11(9(2)3)12(6,7)10(4)5/h10-11H,8H2,1-7H3. The van der Waals surface area contributed by atoms with Crippen molar-refractivity contribution in [1.82, 2.24) is 0 Å². The fourth-order valence-corrected chi connectivity index (χ4v) is 2.08. The molecular formula is C12H25. The highest BCUT2D eigenvalue weighted by Crippen LogP contribution is 2.41. The van der Waals surface area contributed by atoms with Gasteiger partial charge in [0.1, 0.15) is 0 Å². The second-order valence-corrected chi connectivity index (χ2v) is 5.01. The second kappa shape index (κ2) is 4.30. The van der Waals surface area contributed by atoms with Crippen molar-refractivity contribution in [2.75, 3.05) is 0 Å². The van der Waals surface area contributed by atoms with Crippen molar-refractivity contribution < 1.29 is 0 Å². The molecule has 0 aromatic rings. The van der Waals surface area contributed by atoms with Gasteiger partial charge in [-0.3, -0.25) is 0 Å². The Labute approximate surface area is 78.8 Å². The van der Waals surface area contributed by atoms with E-state index in [-0.39, 0.29) is 0 Å². The Hall–Kier alpha value is 0. The lowest BCUT2D eigenvalue weighted by Crippen LogP contribution is -2.31. The molecule has 73 valence electrons. The first kappa shape index (κ1) is 12.0. The van der Waals surface area contributed by atoms with Crippen LogP contribution < -0.4 is 0 Å². The van der Waals surface area contributed by atoms with Crippen LogP contribution in [0.2, 0.25) is 0 Å². The third-order valence-electron chi connectivity index (χ3n) is 3.49. The summed E-state index contributed by atoms with van der Waals surface area (Å²) in [5.41, 5.74) is 0.452.